The van der Waals surface area contributed by atoms with E-state index in [-0.39, 0.29) is 17.7 Å². The van der Waals surface area contributed by atoms with Gasteiger partial charge < -0.3 is 15.0 Å². The molecule has 2 aliphatic heterocycles. The maximum atomic E-state index is 12.9. The van der Waals surface area contributed by atoms with Crippen LogP contribution in [0, 0.1) is 5.92 Å². The van der Waals surface area contributed by atoms with Gasteiger partial charge in [0.1, 0.15) is 6.04 Å². The Bertz CT molecular complexity index is 587. The van der Waals surface area contributed by atoms with E-state index in [0.29, 0.717) is 26.3 Å². The van der Waals surface area contributed by atoms with Crippen molar-refractivity contribution < 1.29 is 14.3 Å². The van der Waals surface area contributed by atoms with Crippen molar-refractivity contribution in [1.82, 2.24) is 15.1 Å². The zero-order valence-electron chi connectivity index (χ0n) is 14.8. The summed E-state index contributed by atoms with van der Waals surface area (Å²) in [6, 6.07) is 9.81. The predicted molar refractivity (Wildman–Crippen MR) is 94.8 cm³/mol. The molecule has 136 valence electrons. The number of hydrogen-bond acceptors (Lipinski definition) is 4. The minimum atomic E-state index is -0.419. The van der Waals surface area contributed by atoms with Crippen LogP contribution < -0.4 is 5.32 Å². The largest absolute Gasteiger partial charge is 0.381 e. The highest BCUT2D eigenvalue weighted by Gasteiger charge is 2.37. The monoisotopic (exact) mass is 345 g/mol. The Hall–Kier alpha value is -1.92. The third-order valence-electron chi connectivity index (χ3n) is 5.12. The molecule has 1 atom stereocenters. The van der Waals surface area contributed by atoms with Crippen molar-refractivity contribution in [3.05, 3.63) is 35.9 Å². The van der Waals surface area contributed by atoms with Crippen molar-refractivity contribution in [2.75, 3.05) is 39.9 Å². The first kappa shape index (κ1) is 17.9. The Morgan fingerprint density at radius 1 is 1.16 bits per heavy atom. The summed E-state index contributed by atoms with van der Waals surface area (Å²) in [6.07, 6.45) is 1.51. The molecule has 2 fully saturated rings. The van der Waals surface area contributed by atoms with Gasteiger partial charge in [-0.25, -0.2) is 0 Å². The molecule has 0 aliphatic carbocycles. The summed E-state index contributed by atoms with van der Waals surface area (Å²) in [5.41, 5.74) is 1.22. The van der Waals surface area contributed by atoms with Crippen LogP contribution >= 0.6 is 0 Å². The molecule has 2 saturated heterocycles. The third kappa shape index (κ3) is 4.38. The number of nitrogens with one attached hydrogen (secondary N) is 1. The van der Waals surface area contributed by atoms with Crippen LogP contribution in [-0.4, -0.2) is 67.6 Å². The maximum absolute atomic E-state index is 12.9. The highest BCUT2D eigenvalue weighted by molar-refractivity contribution is 5.89. The number of likely N-dealkylation sites (N-methyl/N-ethyl adjacent to an activating group) is 1. The van der Waals surface area contributed by atoms with Gasteiger partial charge in [-0.1, -0.05) is 30.3 Å². The molecule has 0 bridgehead atoms. The number of hydrogen-bond donors (Lipinski definition) is 1. The van der Waals surface area contributed by atoms with Gasteiger partial charge in [-0.05, 0) is 18.4 Å². The third-order valence-corrected chi connectivity index (χ3v) is 5.12. The van der Waals surface area contributed by atoms with Crippen molar-refractivity contribution in [2.24, 2.45) is 5.92 Å². The Morgan fingerprint density at radius 2 is 1.88 bits per heavy atom. The summed E-state index contributed by atoms with van der Waals surface area (Å²) >= 11 is 0. The molecule has 2 aliphatic rings. The van der Waals surface area contributed by atoms with E-state index in [1.165, 1.54) is 5.56 Å². The number of piperazine rings is 1. The molecular formula is C19H27N3O3. The minimum absolute atomic E-state index is 0.0124. The molecule has 25 heavy (non-hydrogen) atoms. The predicted octanol–water partition coefficient (Wildman–Crippen LogP) is 0.872. The molecule has 0 saturated carbocycles. The average molecular weight is 345 g/mol. The van der Waals surface area contributed by atoms with Gasteiger partial charge in [0.05, 0.1) is 0 Å². The smallest absolute Gasteiger partial charge is 0.243 e. The zero-order valence-corrected chi connectivity index (χ0v) is 14.8. The van der Waals surface area contributed by atoms with Crippen molar-refractivity contribution in [3.8, 4) is 0 Å². The second-order valence-corrected chi connectivity index (χ2v) is 6.77. The van der Waals surface area contributed by atoms with E-state index < -0.39 is 6.04 Å². The van der Waals surface area contributed by atoms with Crippen LogP contribution in [0.1, 0.15) is 18.4 Å². The van der Waals surface area contributed by atoms with Crippen LogP contribution in [0.3, 0.4) is 0 Å². The number of nitrogens with zero attached hydrogens (tertiary/aromatic N) is 2. The number of rotatable bonds is 4. The summed E-state index contributed by atoms with van der Waals surface area (Å²) in [5, 5.41) is 2.72. The molecule has 1 unspecified atom stereocenters. The van der Waals surface area contributed by atoms with E-state index in [1.54, 1.807) is 11.9 Å². The van der Waals surface area contributed by atoms with Crippen molar-refractivity contribution in [1.29, 1.82) is 0 Å². The quantitative estimate of drug-likeness (QED) is 0.880. The molecular weight excluding hydrogens is 318 g/mol. The zero-order chi connectivity index (χ0) is 17.6. The second kappa shape index (κ2) is 8.45. The van der Waals surface area contributed by atoms with E-state index in [9.17, 15) is 9.59 Å². The fourth-order valence-electron chi connectivity index (χ4n) is 3.66. The van der Waals surface area contributed by atoms with Gasteiger partial charge in [-0.15, -0.1) is 0 Å². The normalized spacial score (nSPS) is 22.6. The van der Waals surface area contributed by atoms with Gasteiger partial charge in [-0.3, -0.25) is 14.5 Å². The molecule has 1 aromatic carbocycles. The van der Waals surface area contributed by atoms with Gasteiger partial charge in [0.2, 0.25) is 11.8 Å². The standard InChI is InChI=1S/C19H27N3O3/c1-20-18(23)17-14-21(13-15-5-3-2-4-6-15)9-10-22(17)19(24)16-7-11-25-12-8-16/h2-6,16-17H,7-14H2,1H3,(H,20,23). The number of carbonyl (C=O) groups is 2. The summed E-state index contributed by atoms with van der Waals surface area (Å²) in [5.74, 6) is 0.0102. The molecule has 1 N–H and O–H groups in total. The van der Waals surface area contributed by atoms with Crippen molar-refractivity contribution in [2.45, 2.75) is 25.4 Å². The minimum Gasteiger partial charge on any atom is -0.381 e. The van der Waals surface area contributed by atoms with Crippen molar-refractivity contribution in [3.63, 3.8) is 0 Å². The molecule has 2 amide bonds. The second-order valence-electron chi connectivity index (χ2n) is 6.77. The SMILES string of the molecule is CNC(=O)C1CN(Cc2ccccc2)CCN1C(=O)C1CCOCC1. The molecule has 0 spiro atoms. The fraction of sp³-hybridized carbons (Fsp3) is 0.579. The molecule has 1 aromatic rings. The van der Waals surface area contributed by atoms with Gasteiger partial charge >= 0.3 is 0 Å². The van der Waals surface area contributed by atoms with Crippen LogP contribution in [0.2, 0.25) is 0 Å². The van der Waals surface area contributed by atoms with Gasteiger partial charge in [0.25, 0.3) is 0 Å². The van der Waals surface area contributed by atoms with E-state index in [2.05, 4.69) is 22.3 Å². The number of amides is 2. The highest BCUT2D eigenvalue weighted by atomic mass is 16.5. The van der Waals surface area contributed by atoms with Crippen LogP contribution in [0.15, 0.2) is 30.3 Å². The lowest BCUT2D eigenvalue weighted by molar-refractivity contribution is -0.149. The lowest BCUT2D eigenvalue weighted by atomic mass is 9.96. The molecule has 3 rings (SSSR count). The Kier molecular flexibility index (Phi) is 6.04. The summed E-state index contributed by atoms with van der Waals surface area (Å²) in [6.45, 7) is 4.03. The van der Waals surface area contributed by atoms with E-state index >= 15 is 0 Å². The molecule has 2 heterocycles. The van der Waals surface area contributed by atoms with Crippen LogP contribution in [0.5, 0.6) is 0 Å². The maximum Gasteiger partial charge on any atom is 0.243 e. The van der Waals surface area contributed by atoms with E-state index in [0.717, 1.165) is 25.9 Å². The number of benzene rings is 1. The first-order valence-electron chi connectivity index (χ1n) is 9.05. The summed E-state index contributed by atoms with van der Waals surface area (Å²) in [4.78, 5) is 29.4. The molecule has 6 heteroatoms. The highest BCUT2D eigenvalue weighted by Crippen LogP contribution is 2.22. The lowest BCUT2D eigenvalue weighted by Gasteiger charge is -2.42. The molecule has 0 aromatic heterocycles. The van der Waals surface area contributed by atoms with Gasteiger partial charge in [0, 0.05) is 52.4 Å². The number of carbonyl (C=O) groups excluding carboxylic acids is 2. The topological polar surface area (TPSA) is 61.9 Å². The molecule has 0 radical (unpaired) electrons. The number of ether oxygens (including phenoxy) is 1. The Morgan fingerprint density at radius 3 is 2.56 bits per heavy atom. The lowest BCUT2D eigenvalue weighted by Crippen LogP contribution is -2.61. The van der Waals surface area contributed by atoms with Gasteiger partial charge in [-0.2, -0.15) is 0 Å². The molecule has 6 nitrogen and oxygen atoms in total. The average Bonchev–Trinajstić information content (AvgIpc) is 2.68. The van der Waals surface area contributed by atoms with E-state index in [4.69, 9.17) is 4.74 Å². The first-order valence-corrected chi connectivity index (χ1v) is 9.05. The van der Waals surface area contributed by atoms with Crippen LogP contribution in [0.25, 0.3) is 0 Å². The van der Waals surface area contributed by atoms with Gasteiger partial charge in [0.15, 0.2) is 0 Å². The van der Waals surface area contributed by atoms with Crippen molar-refractivity contribution >= 4 is 11.8 Å². The van der Waals surface area contributed by atoms with Crippen LogP contribution in [0.4, 0.5) is 0 Å². The fourth-order valence-corrected chi connectivity index (χ4v) is 3.66. The van der Waals surface area contributed by atoms with Crippen LogP contribution in [-0.2, 0) is 20.9 Å². The Balaban J connectivity index is 1.67. The van der Waals surface area contributed by atoms with E-state index in [1.807, 2.05) is 18.2 Å². The summed E-state index contributed by atoms with van der Waals surface area (Å²) in [7, 11) is 1.63. The first-order chi connectivity index (χ1) is 12.2. The Labute approximate surface area is 149 Å². The summed E-state index contributed by atoms with van der Waals surface area (Å²) < 4.78 is 5.36.